The van der Waals surface area contributed by atoms with Gasteiger partial charge in [0, 0.05) is 23.2 Å². The number of H-pyrrole nitrogens is 1. The van der Waals surface area contributed by atoms with Gasteiger partial charge in [-0.2, -0.15) is 0 Å². The lowest BCUT2D eigenvalue weighted by Crippen LogP contribution is -2.03. The molecule has 3 aromatic rings. The highest BCUT2D eigenvalue weighted by Gasteiger charge is 2.16. The zero-order chi connectivity index (χ0) is 17.6. The predicted octanol–water partition coefficient (Wildman–Crippen LogP) is 4.98. The average Bonchev–Trinajstić information content (AvgIpc) is 2.98. The number of nitrogens with one attached hydrogen (secondary N) is 1. The highest BCUT2D eigenvalue weighted by Crippen LogP contribution is 2.33. The maximum absolute atomic E-state index is 13.8. The van der Waals surface area contributed by atoms with Crippen molar-refractivity contribution in [3.63, 3.8) is 0 Å². The summed E-state index contributed by atoms with van der Waals surface area (Å²) in [7, 11) is 0. The second-order valence-electron chi connectivity index (χ2n) is 6.27. The highest BCUT2D eigenvalue weighted by atomic mass is 35.5. The molecule has 1 aliphatic rings. The summed E-state index contributed by atoms with van der Waals surface area (Å²) in [5.41, 5.74) is 9.22. The van der Waals surface area contributed by atoms with Gasteiger partial charge in [0.15, 0.2) is 5.82 Å². The molecule has 6 heteroatoms. The predicted molar refractivity (Wildman–Crippen MR) is 99.6 cm³/mol. The zero-order valence-electron chi connectivity index (χ0n) is 13.6. The summed E-state index contributed by atoms with van der Waals surface area (Å²) < 4.78 is 13.8. The van der Waals surface area contributed by atoms with E-state index in [-0.39, 0.29) is 0 Å². The summed E-state index contributed by atoms with van der Waals surface area (Å²) >= 11 is 6.11. The van der Waals surface area contributed by atoms with Gasteiger partial charge in [0.25, 0.3) is 0 Å². The van der Waals surface area contributed by atoms with E-state index in [4.69, 9.17) is 17.3 Å². The molecule has 1 unspecified atom stereocenters. The summed E-state index contributed by atoms with van der Waals surface area (Å²) in [5.74, 6) is 0.864. The molecule has 1 aromatic carbocycles. The van der Waals surface area contributed by atoms with E-state index in [9.17, 15) is 4.39 Å². The lowest BCUT2D eigenvalue weighted by Gasteiger charge is -2.15. The van der Waals surface area contributed by atoms with Crippen LogP contribution in [0.5, 0.6) is 0 Å². The summed E-state index contributed by atoms with van der Waals surface area (Å²) in [6, 6.07) is 4.46. The molecule has 3 N–H and O–H groups in total. The highest BCUT2D eigenvalue weighted by molar-refractivity contribution is 6.35. The molecular formula is C19H16ClFN4. The average molecular weight is 355 g/mol. The number of halogens is 2. The molecule has 4 rings (SSSR count). The lowest BCUT2D eigenvalue weighted by molar-refractivity contribution is 0.630. The van der Waals surface area contributed by atoms with Crippen LogP contribution in [0.2, 0.25) is 5.02 Å². The number of aromatic amines is 1. The molecule has 2 heterocycles. The number of allylic oxidation sites excluding steroid dienone is 4. The smallest absolute Gasteiger partial charge is 0.164 e. The third kappa shape index (κ3) is 2.91. The first-order chi connectivity index (χ1) is 12.0. The van der Waals surface area contributed by atoms with Crippen LogP contribution in [0.25, 0.3) is 27.9 Å². The molecule has 126 valence electrons. The number of aromatic nitrogens is 3. The van der Waals surface area contributed by atoms with Crippen LogP contribution in [0.3, 0.4) is 0 Å². The van der Waals surface area contributed by atoms with Crippen LogP contribution in [0.15, 0.2) is 42.6 Å². The number of nitrogens with zero attached hydrogens (tertiary/aromatic N) is 2. The number of rotatable bonds is 2. The third-order valence-corrected chi connectivity index (χ3v) is 4.60. The van der Waals surface area contributed by atoms with Crippen LogP contribution < -0.4 is 5.73 Å². The Labute approximate surface area is 149 Å². The van der Waals surface area contributed by atoms with Crippen molar-refractivity contribution in [2.24, 2.45) is 5.92 Å². The number of anilines is 1. The van der Waals surface area contributed by atoms with Gasteiger partial charge in [-0.15, -0.1) is 0 Å². The Hall–Kier alpha value is -2.66. The molecule has 0 fully saturated rings. The summed E-state index contributed by atoms with van der Waals surface area (Å²) in [6.45, 7) is 2.15. The summed E-state index contributed by atoms with van der Waals surface area (Å²) in [4.78, 5) is 12.1. The number of hydrogen-bond donors (Lipinski definition) is 2. The molecule has 0 spiro atoms. The molecule has 25 heavy (non-hydrogen) atoms. The normalized spacial score (nSPS) is 17.1. The van der Waals surface area contributed by atoms with Crippen molar-refractivity contribution >= 4 is 33.9 Å². The van der Waals surface area contributed by atoms with Crippen LogP contribution >= 0.6 is 11.6 Å². The van der Waals surface area contributed by atoms with Crippen LogP contribution in [-0.2, 0) is 0 Å². The maximum atomic E-state index is 13.8. The minimum Gasteiger partial charge on any atom is -0.384 e. The van der Waals surface area contributed by atoms with Gasteiger partial charge in [0.2, 0.25) is 0 Å². The van der Waals surface area contributed by atoms with E-state index in [1.165, 1.54) is 12.1 Å². The first-order valence-corrected chi connectivity index (χ1v) is 8.38. The first-order valence-electron chi connectivity index (χ1n) is 8.00. The molecular weight excluding hydrogens is 339 g/mol. The number of nitrogen functional groups attached to an aromatic ring is 1. The van der Waals surface area contributed by atoms with Crippen LogP contribution in [0.1, 0.15) is 19.0 Å². The molecule has 0 saturated heterocycles. The van der Waals surface area contributed by atoms with Crippen molar-refractivity contribution in [1.29, 1.82) is 0 Å². The van der Waals surface area contributed by atoms with Gasteiger partial charge in [-0.1, -0.05) is 36.8 Å². The number of hydrogen-bond acceptors (Lipinski definition) is 3. The minimum absolute atomic E-state index is 0.319. The zero-order valence-corrected chi connectivity index (χ0v) is 14.3. The van der Waals surface area contributed by atoms with E-state index in [0.29, 0.717) is 39.0 Å². The van der Waals surface area contributed by atoms with Gasteiger partial charge < -0.3 is 10.7 Å². The van der Waals surface area contributed by atoms with E-state index in [0.717, 1.165) is 17.7 Å². The molecule has 0 aliphatic heterocycles. The van der Waals surface area contributed by atoms with Gasteiger partial charge in [-0.3, -0.25) is 0 Å². The molecule has 0 radical (unpaired) electrons. The molecule has 0 saturated carbocycles. The van der Waals surface area contributed by atoms with E-state index in [1.54, 1.807) is 12.3 Å². The van der Waals surface area contributed by atoms with Crippen molar-refractivity contribution in [3.05, 3.63) is 59.2 Å². The largest absolute Gasteiger partial charge is 0.384 e. The Morgan fingerprint density at radius 1 is 1.28 bits per heavy atom. The standard InChI is InChI=1S/C19H16ClFN4/c1-10-3-2-4-11(5-10)16-8-17(22)25-19(24-16)14-9-23-18-13(14)6-12(21)7-15(18)20/h2-4,6-10,23H,5H2,1H3,(H2,22,24,25). The van der Waals surface area contributed by atoms with Crippen molar-refractivity contribution in [1.82, 2.24) is 15.0 Å². The summed E-state index contributed by atoms with van der Waals surface area (Å²) in [5, 5.41) is 0.951. The Morgan fingerprint density at radius 3 is 2.92 bits per heavy atom. The lowest BCUT2D eigenvalue weighted by atomic mass is 9.94. The second-order valence-corrected chi connectivity index (χ2v) is 6.68. The molecule has 1 aliphatic carbocycles. The fourth-order valence-electron chi connectivity index (χ4n) is 3.13. The van der Waals surface area contributed by atoms with Crippen molar-refractivity contribution in [2.75, 3.05) is 5.73 Å². The molecule has 1 atom stereocenters. The van der Waals surface area contributed by atoms with E-state index < -0.39 is 5.82 Å². The molecule has 4 nitrogen and oxygen atoms in total. The number of benzene rings is 1. The third-order valence-electron chi connectivity index (χ3n) is 4.30. The van der Waals surface area contributed by atoms with Gasteiger partial charge in [-0.25, -0.2) is 14.4 Å². The minimum atomic E-state index is -0.406. The Bertz CT molecular complexity index is 1040. The van der Waals surface area contributed by atoms with Crippen LogP contribution in [0, 0.1) is 11.7 Å². The van der Waals surface area contributed by atoms with E-state index in [1.807, 2.05) is 12.2 Å². The second kappa shape index (κ2) is 6.01. The summed E-state index contributed by atoms with van der Waals surface area (Å²) in [6.07, 6.45) is 8.84. The van der Waals surface area contributed by atoms with Gasteiger partial charge in [0.05, 0.1) is 16.2 Å². The fourth-order valence-corrected chi connectivity index (χ4v) is 3.39. The van der Waals surface area contributed by atoms with E-state index in [2.05, 4.69) is 28.0 Å². The van der Waals surface area contributed by atoms with Gasteiger partial charge in [0.1, 0.15) is 11.6 Å². The topological polar surface area (TPSA) is 67.6 Å². The first kappa shape index (κ1) is 15.8. The van der Waals surface area contributed by atoms with Gasteiger partial charge in [-0.05, 0) is 30.0 Å². The fraction of sp³-hybridized carbons (Fsp3) is 0.158. The molecule has 2 aromatic heterocycles. The number of fused-ring (bicyclic) bond motifs is 1. The SMILES string of the molecule is CC1C=CC=C(c2cc(N)nc(-c3c[nH]c4c(Cl)cc(F)cc34)n2)C1. The number of nitrogens with two attached hydrogens (primary N) is 1. The monoisotopic (exact) mass is 354 g/mol. The van der Waals surface area contributed by atoms with Crippen LogP contribution in [-0.4, -0.2) is 15.0 Å². The van der Waals surface area contributed by atoms with E-state index >= 15 is 0 Å². The maximum Gasteiger partial charge on any atom is 0.164 e. The Kier molecular flexibility index (Phi) is 3.81. The molecule has 0 amide bonds. The van der Waals surface area contributed by atoms with Crippen molar-refractivity contribution in [3.8, 4) is 11.4 Å². The quantitative estimate of drug-likeness (QED) is 0.682. The van der Waals surface area contributed by atoms with Crippen molar-refractivity contribution in [2.45, 2.75) is 13.3 Å². The Balaban J connectivity index is 1.87. The Morgan fingerprint density at radius 2 is 2.12 bits per heavy atom. The molecule has 0 bridgehead atoms. The van der Waals surface area contributed by atoms with Crippen molar-refractivity contribution < 1.29 is 4.39 Å². The van der Waals surface area contributed by atoms with Crippen LogP contribution in [0.4, 0.5) is 10.2 Å². The van der Waals surface area contributed by atoms with Gasteiger partial charge >= 0.3 is 0 Å².